The number of rotatable bonds is 3. The second-order valence-electron chi connectivity index (χ2n) is 3.43. The van der Waals surface area contributed by atoms with Crippen LogP contribution in [0.4, 0.5) is 0 Å². The summed E-state index contributed by atoms with van der Waals surface area (Å²) in [6.45, 7) is 8.44. The Morgan fingerprint density at radius 1 is 1.64 bits per heavy atom. The average Bonchev–Trinajstić information content (AvgIpc) is 2.86. The van der Waals surface area contributed by atoms with Crippen LogP contribution in [0.1, 0.15) is 25.4 Å². The van der Waals surface area contributed by atoms with Crippen molar-refractivity contribution in [2.75, 3.05) is 6.61 Å². The lowest BCUT2D eigenvalue weighted by Crippen LogP contribution is -2.19. The van der Waals surface area contributed by atoms with E-state index in [4.69, 9.17) is 20.8 Å². The predicted molar refractivity (Wildman–Crippen MR) is 50.4 cm³/mol. The Morgan fingerprint density at radius 3 is 3.14 bits per heavy atom. The van der Waals surface area contributed by atoms with E-state index in [9.17, 15) is 0 Å². The fourth-order valence-corrected chi connectivity index (χ4v) is 1.48. The number of furan rings is 1. The number of hydrogen-bond donors (Lipinski definition) is 0. The van der Waals surface area contributed by atoms with Crippen molar-refractivity contribution in [3.63, 3.8) is 0 Å². The Labute approximate surface area is 84.0 Å². The molecule has 0 aromatic carbocycles. The van der Waals surface area contributed by atoms with E-state index in [2.05, 4.69) is 0 Å². The lowest BCUT2D eigenvalue weighted by Gasteiger charge is -2.14. The van der Waals surface area contributed by atoms with Gasteiger partial charge in [-0.2, -0.15) is 0 Å². The summed E-state index contributed by atoms with van der Waals surface area (Å²) in [5.74, 6) is 0.741. The summed E-state index contributed by atoms with van der Waals surface area (Å²) in [7, 11) is 0. The molecule has 0 amide bonds. The van der Waals surface area contributed by atoms with Crippen LogP contribution in [0.5, 0.6) is 0 Å². The van der Waals surface area contributed by atoms with Crippen molar-refractivity contribution in [2.24, 2.45) is 5.92 Å². The normalized spacial score (nSPS) is 29.3. The summed E-state index contributed by atoms with van der Waals surface area (Å²) in [5, 5.41) is 0. The highest BCUT2D eigenvalue weighted by Gasteiger charge is 2.31. The van der Waals surface area contributed by atoms with Gasteiger partial charge in [-0.15, -0.1) is 0 Å². The largest absolute Gasteiger partial charge is 0.464 e. The van der Waals surface area contributed by atoms with E-state index in [-0.39, 0.29) is 18.3 Å². The minimum absolute atomic E-state index is 0.0184. The predicted octanol–water partition coefficient (Wildman–Crippen LogP) is 2.43. The molecule has 3 nitrogen and oxygen atoms in total. The van der Waals surface area contributed by atoms with Crippen LogP contribution in [-0.4, -0.2) is 12.7 Å². The van der Waals surface area contributed by atoms with E-state index in [1.807, 2.05) is 19.1 Å². The molecule has 2 radical (unpaired) electrons. The molecule has 1 aromatic heterocycles. The molecule has 14 heavy (non-hydrogen) atoms. The van der Waals surface area contributed by atoms with Crippen LogP contribution in [0.2, 0.25) is 0 Å². The highest BCUT2D eigenvalue weighted by molar-refractivity contribution is 5.01. The van der Waals surface area contributed by atoms with Gasteiger partial charge in [0.25, 0.3) is 0 Å². The van der Waals surface area contributed by atoms with Gasteiger partial charge in [0.1, 0.15) is 0 Å². The molecule has 1 aliphatic rings. The quantitative estimate of drug-likeness (QED) is 0.740. The maximum absolute atomic E-state index is 5.86. The van der Waals surface area contributed by atoms with E-state index in [0.29, 0.717) is 12.4 Å². The van der Waals surface area contributed by atoms with Crippen LogP contribution >= 0.6 is 0 Å². The maximum atomic E-state index is 5.86. The summed E-state index contributed by atoms with van der Waals surface area (Å²) in [6, 6.07) is 3.65. The Hall–Kier alpha value is -0.800. The third-order valence-corrected chi connectivity index (χ3v) is 2.43. The van der Waals surface area contributed by atoms with Crippen LogP contribution < -0.4 is 0 Å². The molecule has 0 aliphatic carbocycles. The van der Waals surface area contributed by atoms with Gasteiger partial charge < -0.3 is 13.9 Å². The molecular formula is C11H14O3. The van der Waals surface area contributed by atoms with Gasteiger partial charge in [0.05, 0.1) is 19.0 Å². The summed E-state index contributed by atoms with van der Waals surface area (Å²) in [5.41, 5.74) is 0. The summed E-state index contributed by atoms with van der Waals surface area (Å²) in [6.07, 6.45) is 2.09. The van der Waals surface area contributed by atoms with Gasteiger partial charge in [-0.25, -0.2) is 0 Å². The SMILES string of the molecule is [CH]C(CC)C1COC(c2ccco2)O1. The van der Waals surface area contributed by atoms with Crippen molar-refractivity contribution >= 4 is 0 Å². The lowest BCUT2D eigenvalue weighted by molar-refractivity contribution is -0.0797. The molecule has 0 saturated carbocycles. The first-order valence-electron chi connectivity index (χ1n) is 4.87. The van der Waals surface area contributed by atoms with E-state index in [1.165, 1.54) is 0 Å². The minimum Gasteiger partial charge on any atom is -0.464 e. The summed E-state index contributed by atoms with van der Waals surface area (Å²) < 4.78 is 16.2. The molecular weight excluding hydrogens is 180 g/mol. The second kappa shape index (κ2) is 4.15. The molecule has 2 rings (SSSR count). The third-order valence-electron chi connectivity index (χ3n) is 2.43. The Balaban J connectivity index is 1.95. The molecule has 1 aromatic rings. The monoisotopic (exact) mass is 194 g/mol. The van der Waals surface area contributed by atoms with Crippen molar-refractivity contribution < 1.29 is 13.9 Å². The van der Waals surface area contributed by atoms with E-state index in [0.717, 1.165) is 6.42 Å². The molecule has 0 spiro atoms. The van der Waals surface area contributed by atoms with Gasteiger partial charge in [0.15, 0.2) is 5.76 Å². The highest BCUT2D eigenvalue weighted by atomic mass is 16.7. The van der Waals surface area contributed by atoms with Crippen molar-refractivity contribution in [2.45, 2.75) is 25.7 Å². The zero-order chi connectivity index (χ0) is 9.97. The average molecular weight is 194 g/mol. The zero-order valence-electron chi connectivity index (χ0n) is 8.18. The molecule has 2 heterocycles. The van der Waals surface area contributed by atoms with Crippen LogP contribution in [-0.2, 0) is 9.47 Å². The van der Waals surface area contributed by atoms with E-state index >= 15 is 0 Å². The van der Waals surface area contributed by atoms with Crippen molar-refractivity contribution in [3.8, 4) is 0 Å². The standard InChI is InChI=1S/C11H14O3/c1-3-8(2)10-7-13-11(14-10)9-5-4-6-12-9/h2,4-6,8,10-11H,3,7H2,1H3. The molecule has 3 heteroatoms. The molecule has 0 N–H and O–H groups in total. The molecule has 76 valence electrons. The minimum atomic E-state index is -0.382. The summed E-state index contributed by atoms with van der Waals surface area (Å²) >= 11 is 0. The highest BCUT2D eigenvalue weighted by Crippen LogP contribution is 2.30. The van der Waals surface area contributed by atoms with Gasteiger partial charge in [0, 0.05) is 0 Å². The maximum Gasteiger partial charge on any atom is 0.217 e. The molecule has 1 aliphatic heterocycles. The molecule has 1 fully saturated rings. The molecule has 0 bridgehead atoms. The van der Waals surface area contributed by atoms with E-state index < -0.39 is 0 Å². The van der Waals surface area contributed by atoms with Crippen molar-refractivity contribution in [1.29, 1.82) is 0 Å². The van der Waals surface area contributed by atoms with Gasteiger partial charge in [0.2, 0.25) is 6.29 Å². The topological polar surface area (TPSA) is 31.6 Å². The van der Waals surface area contributed by atoms with Crippen LogP contribution in [0.15, 0.2) is 22.8 Å². The van der Waals surface area contributed by atoms with Crippen molar-refractivity contribution in [3.05, 3.63) is 31.1 Å². The van der Waals surface area contributed by atoms with Gasteiger partial charge in [-0.3, -0.25) is 0 Å². The fourth-order valence-electron chi connectivity index (χ4n) is 1.48. The molecule has 3 unspecified atom stereocenters. The van der Waals surface area contributed by atoms with Gasteiger partial charge >= 0.3 is 0 Å². The second-order valence-corrected chi connectivity index (χ2v) is 3.43. The van der Waals surface area contributed by atoms with Gasteiger partial charge in [-0.1, -0.05) is 13.3 Å². The molecule has 3 atom stereocenters. The van der Waals surface area contributed by atoms with Crippen molar-refractivity contribution in [1.82, 2.24) is 0 Å². The Kier molecular flexibility index (Phi) is 2.89. The third kappa shape index (κ3) is 1.83. The van der Waals surface area contributed by atoms with Crippen LogP contribution in [0.25, 0.3) is 0 Å². The Bertz CT molecular complexity index is 268. The van der Waals surface area contributed by atoms with Crippen LogP contribution in [0.3, 0.4) is 0 Å². The Morgan fingerprint density at radius 2 is 2.50 bits per heavy atom. The zero-order valence-corrected chi connectivity index (χ0v) is 8.18. The summed E-state index contributed by atoms with van der Waals surface area (Å²) in [4.78, 5) is 0. The molecule has 1 saturated heterocycles. The number of ether oxygens (including phenoxy) is 2. The smallest absolute Gasteiger partial charge is 0.217 e. The van der Waals surface area contributed by atoms with Crippen LogP contribution in [0, 0.1) is 12.8 Å². The first-order chi connectivity index (χ1) is 6.81. The van der Waals surface area contributed by atoms with E-state index in [1.54, 1.807) is 6.26 Å². The lowest BCUT2D eigenvalue weighted by atomic mass is 10.0. The van der Waals surface area contributed by atoms with Gasteiger partial charge in [-0.05, 0) is 25.0 Å². The fraction of sp³-hybridized carbons (Fsp3) is 0.545. The first kappa shape index (κ1) is 9.74. The first-order valence-corrected chi connectivity index (χ1v) is 4.87. The number of hydrogen-bond acceptors (Lipinski definition) is 3.